The van der Waals surface area contributed by atoms with Gasteiger partial charge in [0.2, 0.25) is 12.2 Å². The highest BCUT2D eigenvalue weighted by molar-refractivity contribution is 14.1. The highest BCUT2D eigenvalue weighted by Gasteiger charge is 2.34. The number of hydrogen-bond donors (Lipinski definition) is 0. The van der Waals surface area contributed by atoms with E-state index in [4.69, 9.17) is 0 Å². The summed E-state index contributed by atoms with van der Waals surface area (Å²) in [5, 5.41) is 3.40. The van der Waals surface area contributed by atoms with Crippen molar-refractivity contribution in [2.75, 3.05) is 0 Å². The van der Waals surface area contributed by atoms with E-state index in [1.165, 1.54) is 6.07 Å². The van der Waals surface area contributed by atoms with E-state index < -0.39 is 11.7 Å². The van der Waals surface area contributed by atoms with Crippen LogP contribution in [0.4, 0.5) is 13.2 Å². The maximum absolute atomic E-state index is 12.7. The number of rotatable bonds is 1. The van der Waals surface area contributed by atoms with Gasteiger partial charge in [-0.15, -0.1) is 0 Å². The van der Waals surface area contributed by atoms with Crippen molar-refractivity contribution in [2.45, 2.75) is 6.18 Å². The Labute approximate surface area is 102 Å². The Balaban J connectivity index is 2.62. The van der Waals surface area contributed by atoms with E-state index in [2.05, 4.69) is 14.7 Å². The van der Waals surface area contributed by atoms with E-state index >= 15 is 0 Å². The Morgan fingerprint density at radius 2 is 2.00 bits per heavy atom. The summed E-state index contributed by atoms with van der Waals surface area (Å²) in [4.78, 5) is 3.61. The molecule has 0 aliphatic rings. The topological polar surface area (TPSA) is 38.9 Å². The van der Waals surface area contributed by atoms with Crippen molar-refractivity contribution < 1.29 is 17.7 Å². The van der Waals surface area contributed by atoms with Gasteiger partial charge in [0.1, 0.15) is 0 Å². The lowest BCUT2D eigenvalue weighted by atomic mass is 10.1. The van der Waals surface area contributed by atoms with Crippen molar-refractivity contribution in [1.82, 2.24) is 10.1 Å². The molecule has 16 heavy (non-hydrogen) atoms. The van der Waals surface area contributed by atoms with Crippen LogP contribution < -0.4 is 0 Å². The van der Waals surface area contributed by atoms with E-state index in [1.807, 2.05) is 22.6 Å². The van der Waals surface area contributed by atoms with Gasteiger partial charge in [0.15, 0.2) is 0 Å². The first-order valence-corrected chi connectivity index (χ1v) is 5.20. The number of halogens is 4. The van der Waals surface area contributed by atoms with Crippen LogP contribution in [-0.2, 0) is 6.18 Å². The van der Waals surface area contributed by atoms with Gasteiger partial charge in [-0.05, 0) is 40.8 Å². The zero-order valence-electron chi connectivity index (χ0n) is 7.62. The van der Waals surface area contributed by atoms with Gasteiger partial charge in [-0.1, -0.05) is 5.16 Å². The zero-order chi connectivity index (χ0) is 11.8. The van der Waals surface area contributed by atoms with E-state index in [-0.39, 0.29) is 11.4 Å². The van der Waals surface area contributed by atoms with Crippen molar-refractivity contribution in [3.63, 3.8) is 0 Å². The lowest BCUT2D eigenvalue weighted by Crippen LogP contribution is -2.08. The largest absolute Gasteiger partial charge is 0.417 e. The molecule has 0 saturated heterocycles. The summed E-state index contributed by atoms with van der Waals surface area (Å²) in [6.45, 7) is 0. The Hall–Kier alpha value is -1.12. The molecule has 0 bridgehead atoms. The van der Waals surface area contributed by atoms with Crippen LogP contribution in [0.3, 0.4) is 0 Å². The number of nitrogens with zero attached hydrogens (tertiary/aromatic N) is 2. The highest BCUT2D eigenvalue weighted by Crippen LogP contribution is 2.36. The first-order valence-electron chi connectivity index (χ1n) is 4.12. The van der Waals surface area contributed by atoms with Gasteiger partial charge >= 0.3 is 6.18 Å². The van der Waals surface area contributed by atoms with Crippen molar-refractivity contribution in [3.8, 4) is 11.4 Å². The second-order valence-electron chi connectivity index (χ2n) is 2.94. The molecule has 1 aromatic carbocycles. The number of benzene rings is 1. The van der Waals surface area contributed by atoms with Gasteiger partial charge in [0.25, 0.3) is 0 Å². The Morgan fingerprint density at radius 3 is 2.56 bits per heavy atom. The lowest BCUT2D eigenvalue weighted by molar-refractivity contribution is -0.137. The van der Waals surface area contributed by atoms with Gasteiger partial charge in [-0.2, -0.15) is 18.2 Å². The predicted octanol–water partition coefficient (Wildman–Crippen LogP) is 3.36. The molecule has 1 aromatic heterocycles. The third-order valence-electron chi connectivity index (χ3n) is 1.89. The summed E-state index contributed by atoms with van der Waals surface area (Å²) in [5.41, 5.74) is -0.845. The molecule has 0 spiro atoms. The molecule has 3 nitrogen and oxygen atoms in total. The summed E-state index contributed by atoms with van der Waals surface area (Å²) in [7, 11) is 0. The number of aromatic nitrogens is 2. The minimum absolute atomic E-state index is 0.0660. The molecule has 0 radical (unpaired) electrons. The molecule has 0 N–H and O–H groups in total. The summed E-state index contributed by atoms with van der Waals surface area (Å²) < 4.78 is 43.1. The second-order valence-corrected chi connectivity index (χ2v) is 4.19. The van der Waals surface area contributed by atoms with Crippen LogP contribution in [0.5, 0.6) is 0 Å². The van der Waals surface area contributed by atoms with Crippen LogP contribution in [0.15, 0.2) is 29.1 Å². The van der Waals surface area contributed by atoms with Crippen LogP contribution in [0.1, 0.15) is 5.56 Å². The molecule has 0 aliphatic heterocycles. The molecule has 7 heteroatoms. The van der Waals surface area contributed by atoms with Gasteiger partial charge in [0, 0.05) is 9.13 Å². The highest BCUT2D eigenvalue weighted by atomic mass is 127. The Morgan fingerprint density at radius 1 is 1.25 bits per heavy atom. The molecule has 1 heterocycles. The quantitative estimate of drug-likeness (QED) is 0.748. The smallest absolute Gasteiger partial charge is 0.342 e. The molecule has 0 saturated carbocycles. The molecule has 0 unspecified atom stereocenters. The third-order valence-corrected chi connectivity index (χ3v) is 2.56. The van der Waals surface area contributed by atoms with Crippen molar-refractivity contribution in [2.24, 2.45) is 0 Å². The summed E-state index contributed by atoms with van der Waals surface area (Å²) in [5.74, 6) is -0.0660. The van der Waals surface area contributed by atoms with Gasteiger partial charge < -0.3 is 4.52 Å². The third kappa shape index (κ3) is 2.18. The van der Waals surface area contributed by atoms with E-state index in [1.54, 1.807) is 6.07 Å². The summed E-state index contributed by atoms with van der Waals surface area (Å²) in [6.07, 6.45) is -3.44. The van der Waals surface area contributed by atoms with Gasteiger partial charge in [-0.25, -0.2) is 0 Å². The van der Waals surface area contributed by atoms with Crippen LogP contribution >= 0.6 is 22.6 Å². The zero-order valence-corrected chi connectivity index (χ0v) is 9.78. The molecule has 2 aromatic rings. The molecule has 0 fully saturated rings. The minimum Gasteiger partial charge on any atom is -0.342 e. The Bertz CT molecular complexity index is 496. The number of hydrogen-bond acceptors (Lipinski definition) is 3. The van der Waals surface area contributed by atoms with Crippen molar-refractivity contribution in [1.29, 1.82) is 0 Å². The lowest BCUT2D eigenvalue weighted by Gasteiger charge is -2.10. The van der Waals surface area contributed by atoms with Crippen LogP contribution in [0.25, 0.3) is 11.4 Å². The molecule has 0 atom stereocenters. The minimum atomic E-state index is -4.43. The fraction of sp³-hybridized carbons (Fsp3) is 0.111. The first-order chi connectivity index (χ1) is 7.48. The molecule has 2 rings (SSSR count). The van der Waals surface area contributed by atoms with Crippen LogP contribution in [0, 0.1) is 3.57 Å². The van der Waals surface area contributed by atoms with Gasteiger partial charge in [0.05, 0.1) is 5.56 Å². The number of alkyl halides is 3. The van der Waals surface area contributed by atoms with Gasteiger partial charge in [-0.3, -0.25) is 0 Å². The molecule has 0 aliphatic carbocycles. The molecular weight excluding hydrogens is 336 g/mol. The Kier molecular flexibility index (Phi) is 2.87. The fourth-order valence-electron chi connectivity index (χ4n) is 1.24. The second kappa shape index (κ2) is 4.04. The van der Waals surface area contributed by atoms with Crippen LogP contribution in [-0.4, -0.2) is 10.1 Å². The molecule has 0 amide bonds. The normalized spacial score (nSPS) is 11.8. The van der Waals surface area contributed by atoms with E-state index in [9.17, 15) is 13.2 Å². The first kappa shape index (κ1) is 11.4. The SMILES string of the molecule is FC(F)(F)c1cc(I)ccc1-c1ncon1. The maximum atomic E-state index is 12.7. The average Bonchev–Trinajstić information content (AvgIpc) is 2.69. The van der Waals surface area contributed by atoms with Crippen molar-refractivity contribution in [3.05, 3.63) is 33.7 Å². The summed E-state index contributed by atoms with van der Waals surface area (Å²) >= 11 is 1.82. The monoisotopic (exact) mass is 340 g/mol. The maximum Gasteiger partial charge on any atom is 0.417 e. The van der Waals surface area contributed by atoms with Crippen LogP contribution in [0.2, 0.25) is 0 Å². The summed E-state index contributed by atoms with van der Waals surface area (Å²) in [6, 6.07) is 3.93. The standard InChI is InChI=1S/C9H4F3IN2O/c10-9(11,12)7-3-5(13)1-2-6(7)8-14-4-16-15-8/h1-4H. The molecular formula is C9H4F3IN2O. The predicted molar refractivity (Wildman–Crippen MR) is 57.5 cm³/mol. The van der Waals surface area contributed by atoms with E-state index in [0.717, 1.165) is 12.5 Å². The average molecular weight is 340 g/mol. The molecule has 84 valence electrons. The van der Waals surface area contributed by atoms with E-state index in [0.29, 0.717) is 3.57 Å². The fourth-order valence-corrected chi connectivity index (χ4v) is 1.73. The van der Waals surface area contributed by atoms with Crippen molar-refractivity contribution >= 4 is 22.6 Å².